The Morgan fingerprint density at radius 1 is 1.07 bits per heavy atom. The maximum Gasteiger partial charge on any atom is 0.411 e. The zero-order valence-corrected chi connectivity index (χ0v) is 14.9. The Morgan fingerprint density at radius 2 is 1.72 bits per heavy atom. The molecule has 2 amide bonds. The Kier molecular flexibility index (Phi) is 4.84. The highest BCUT2D eigenvalue weighted by Crippen LogP contribution is 2.33. The zero-order chi connectivity index (χ0) is 21.6. The first kappa shape index (κ1) is 20.0. The number of halogens is 4. The number of benzene rings is 2. The molecule has 0 radical (unpaired) electrons. The van der Waals surface area contributed by atoms with Crippen LogP contribution in [0.4, 0.5) is 29.3 Å². The first-order valence-electron chi connectivity index (χ1n) is 7.65. The van der Waals surface area contributed by atoms with Crippen LogP contribution in [0.3, 0.4) is 0 Å². The molecule has 3 rings (SSSR count). The molecular weight excluding hydrogens is 417 g/mol. The van der Waals surface area contributed by atoms with Gasteiger partial charge in [-0.05, 0) is 12.1 Å². The van der Waals surface area contributed by atoms with Crippen molar-refractivity contribution in [3.05, 3.63) is 62.7 Å². The standard InChI is InChI=1S/C17H10ClF3N4O4/c18-12-13(23)9(21)1-5-14(12)25(11-3-10(22)7(19)2-8(11)20)4-6(15(5)26)16(27)24-17(28)29/h1-4H,22-23H2,(H,24,27)(H,28,29). The Morgan fingerprint density at radius 3 is 2.34 bits per heavy atom. The first-order chi connectivity index (χ1) is 13.5. The minimum atomic E-state index is -1.76. The third kappa shape index (κ3) is 3.31. The van der Waals surface area contributed by atoms with E-state index >= 15 is 0 Å². The molecule has 29 heavy (non-hydrogen) atoms. The molecule has 12 heteroatoms. The molecule has 8 nitrogen and oxygen atoms in total. The van der Waals surface area contributed by atoms with Gasteiger partial charge in [-0.3, -0.25) is 14.9 Å². The van der Waals surface area contributed by atoms with E-state index in [0.717, 1.165) is 16.8 Å². The van der Waals surface area contributed by atoms with E-state index in [-0.39, 0.29) is 5.52 Å². The van der Waals surface area contributed by atoms with Gasteiger partial charge >= 0.3 is 6.09 Å². The van der Waals surface area contributed by atoms with Gasteiger partial charge in [0.25, 0.3) is 5.91 Å². The van der Waals surface area contributed by atoms with Crippen LogP contribution in [-0.4, -0.2) is 21.7 Å². The van der Waals surface area contributed by atoms with Crippen molar-refractivity contribution in [1.82, 2.24) is 9.88 Å². The van der Waals surface area contributed by atoms with Crippen LogP contribution in [0.5, 0.6) is 0 Å². The van der Waals surface area contributed by atoms with Gasteiger partial charge in [0.05, 0.1) is 33.0 Å². The van der Waals surface area contributed by atoms with E-state index < -0.39 is 67.9 Å². The van der Waals surface area contributed by atoms with E-state index in [1.54, 1.807) is 0 Å². The number of amides is 2. The van der Waals surface area contributed by atoms with Crippen LogP contribution < -0.4 is 22.2 Å². The summed E-state index contributed by atoms with van der Waals surface area (Å²) in [6.45, 7) is 0. The molecule has 0 saturated heterocycles. The van der Waals surface area contributed by atoms with Crippen molar-refractivity contribution >= 4 is 45.9 Å². The third-order valence-corrected chi connectivity index (χ3v) is 4.39. The lowest BCUT2D eigenvalue weighted by atomic mass is 10.1. The number of hydrogen-bond acceptors (Lipinski definition) is 5. The van der Waals surface area contributed by atoms with Crippen LogP contribution in [0, 0.1) is 17.5 Å². The van der Waals surface area contributed by atoms with Gasteiger partial charge in [0.2, 0.25) is 5.43 Å². The number of carbonyl (C=O) groups is 2. The van der Waals surface area contributed by atoms with Crippen molar-refractivity contribution in [2.24, 2.45) is 0 Å². The summed E-state index contributed by atoms with van der Waals surface area (Å²) in [5.41, 5.74) is 7.35. The molecule has 0 spiro atoms. The molecule has 0 aliphatic heterocycles. The molecule has 3 aromatic rings. The summed E-state index contributed by atoms with van der Waals surface area (Å²) in [5, 5.41) is 9.19. The zero-order valence-electron chi connectivity index (χ0n) is 14.1. The average molecular weight is 427 g/mol. The number of imide groups is 1. The second kappa shape index (κ2) is 7.02. The number of hydrogen-bond donors (Lipinski definition) is 4. The highest BCUT2D eigenvalue weighted by Gasteiger charge is 2.23. The number of aromatic nitrogens is 1. The van der Waals surface area contributed by atoms with Crippen molar-refractivity contribution < 1.29 is 27.9 Å². The maximum atomic E-state index is 14.5. The Bertz CT molecular complexity index is 1280. The molecule has 1 heterocycles. The maximum absolute atomic E-state index is 14.5. The monoisotopic (exact) mass is 426 g/mol. The van der Waals surface area contributed by atoms with Gasteiger partial charge in [0, 0.05) is 12.3 Å². The summed E-state index contributed by atoms with van der Waals surface area (Å²) in [5.74, 6) is -4.69. The molecule has 0 bridgehead atoms. The lowest BCUT2D eigenvalue weighted by Gasteiger charge is -2.17. The number of anilines is 2. The van der Waals surface area contributed by atoms with E-state index in [4.69, 9.17) is 28.2 Å². The number of rotatable bonds is 2. The van der Waals surface area contributed by atoms with E-state index in [9.17, 15) is 27.6 Å². The molecule has 150 valence electrons. The quantitative estimate of drug-likeness (QED) is 0.464. The van der Waals surface area contributed by atoms with Crippen LogP contribution >= 0.6 is 11.6 Å². The van der Waals surface area contributed by atoms with Crippen molar-refractivity contribution in [3.8, 4) is 5.69 Å². The van der Waals surface area contributed by atoms with Gasteiger partial charge in [-0.25, -0.2) is 18.0 Å². The molecule has 0 aliphatic rings. The molecule has 0 aliphatic carbocycles. The smallest absolute Gasteiger partial charge is 0.411 e. The predicted molar refractivity (Wildman–Crippen MR) is 98.7 cm³/mol. The summed E-state index contributed by atoms with van der Waals surface area (Å²) in [6, 6.07) is 1.97. The van der Waals surface area contributed by atoms with Crippen LogP contribution in [0.15, 0.2) is 29.2 Å². The van der Waals surface area contributed by atoms with Crippen LogP contribution in [0.2, 0.25) is 5.02 Å². The van der Waals surface area contributed by atoms with Crippen molar-refractivity contribution in [2.45, 2.75) is 0 Å². The van der Waals surface area contributed by atoms with E-state index in [0.29, 0.717) is 12.1 Å². The third-order valence-electron chi connectivity index (χ3n) is 4.01. The molecule has 2 aromatic carbocycles. The number of nitrogens with two attached hydrogens (primary N) is 2. The van der Waals surface area contributed by atoms with Crippen LogP contribution in [0.25, 0.3) is 16.6 Å². The summed E-state index contributed by atoms with van der Waals surface area (Å²) >= 11 is 6.05. The lowest BCUT2D eigenvalue weighted by molar-refractivity contribution is 0.0946. The minimum absolute atomic E-state index is 0.299. The highest BCUT2D eigenvalue weighted by molar-refractivity contribution is 6.37. The number of pyridine rings is 1. The molecule has 0 saturated carbocycles. The Balaban J connectivity index is 2.51. The minimum Gasteiger partial charge on any atom is -0.465 e. The molecule has 0 atom stereocenters. The number of nitrogens with one attached hydrogen (secondary N) is 1. The lowest BCUT2D eigenvalue weighted by Crippen LogP contribution is -2.33. The summed E-state index contributed by atoms with van der Waals surface area (Å²) in [7, 11) is 0. The van der Waals surface area contributed by atoms with Crippen molar-refractivity contribution in [1.29, 1.82) is 0 Å². The van der Waals surface area contributed by atoms with E-state index in [1.165, 1.54) is 5.32 Å². The largest absolute Gasteiger partial charge is 0.465 e. The van der Waals surface area contributed by atoms with Gasteiger partial charge in [0.15, 0.2) is 0 Å². The van der Waals surface area contributed by atoms with Crippen LogP contribution in [0.1, 0.15) is 10.4 Å². The predicted octanol–water partition coefficient (Wildman–Crippen LogP) is 2.63. The number of nitrogen functional groups attached to an aromatic ring is 2. The molecule has 6 N–H and O–H groups in total. The topological polar surface area (TPSA) is 140 Å². The second-order valence-electron chi connectivity index (χ2n) is 5.81. The number of carboxylic acid groups (broad SMARTS) is 1. The fourth-order valence-electron chi connectivity index (χ4n) is 2.68. The number of carbonyl (C=O) groups excluding carboxylic acids is 1. The molecule has 1 aromatic heterocycles. The fraction of sp³-hybridized carbons (Fsp3) is 0. The van der Waals surface area contributed by atoms with Gasteiger partial charge < -0.3 is 21.1 Å². The van der Waals surface area contributed by atoms with Crippen LogP contribution in [-0.2, 0) is 0 Å². The fourth-order valence-corrected chi connectivity index (χ4v) is 2.97. The van der Waals surface area contributed by atoms with Gasteiger partial charge in [-0.15, -0.1) is 0 Å². The normalized spacial score (nSPS) is 10.9. The molecule has 0 fully saturated rings. The summed E-state index contributed by atoms with van der Waals surface area (Å²) in [6.07, 6.45) is -0.998. The Hall–Kier alpha value is -3.73. The van der Waals surface area contributed by atoms with E-state index in [2.05, 4.69) is 0 Å². The highest BCUT2D eigenvalue weighted by atomic mass is 35.5. The van der Waals surface area contributed by atoms with Crippen molar-refractivity contribution in [3.63, 3.8) is 0 Å². The van der Waals surface area contributed by atoms with E-state index in [1.807, 2.05) is 0 Å². The Labute approximate surface area is 164 Å². The SMILES string of the molecule is Nc1cc(-n2cc(C(=O)NC(=O)O)c(=O)c3cc(F)c(N)c(Cl)c32)c(F)cc1F. The average Bonchev–Trinajstić information content (AvgIpc) is 2.63. The number of fused-ring (bicyclic) bond motifs is 1. The molecular formula is C17H10ClF3N4O4. The molecule has 0 unspecified atom stereocenters. The second-order valence-corrected chi connectivity index (χ2v) is 6.19. The summed E-state index contributed by atoms with van der Waals surface area (Å²) in [4.78, 5) is 35.5. The van der Waals surface area contributed by atoms with Gasteiger partial charge in [-0.2, -0.15) is 0 Å². The summed E-state index contributed by atoms with van der Waals surface area (Å²) < 4.78 is 42.9. The first-order valence-corrected chi connectivity index (χ1v) is 8.02. The van der Waals surface area contributed by atoms with Gasteiger partial charge in [0.1, 0.15) is 23.0 Å². The van der Waals surface area contributed by atoms with Gasteiger partial charge in [-0.1, -0.05) is 11.6 Å². The number of nitrogens with zero attached hydrogens (tertiary/aromatic N) is 1. The van der Waals surface area contributed by atoms with Crippen molar-refractivity contribution in [2.75, 3.05) is 11.5 Å².